The van der Waals surface area contributed by atoms with E-state index >= 15 is 0 Å². The summed E-state index contributed by atoms with van der Waals surface area (Å²) in [6.45, 7) is 4.69. The molecule has 56 valence electrons. The van der Waals surface area contributed by atoms with Crippen molar-refractivity contribution in [2.75, 3.05) is 13.6 Å². The lowest BCUT2D eigenvalue weighted by Crippen LogP contribution is -2.31. The van der Waals surface area contributed by atoms with Crippen molar-refractivity contribution in [2.45, 2.75) is 13.8 Å². The van der Waals surface area contributed by atoms with Crippen LogP contribution in [0.4, 0.5) is 0 Å². The predicted molar refractivity (Wildman–Crippen MR) is 40.6 cm³/mol. The van der Waals surface area contributed by atoms with Crippen LogP contribution >= 0.6 is 0 Å². The predicted octanol–water partition coefficient (Wildman–Crippen LogP) is 1.04. The molecule has 1 heterocycles. The van der Waals surface area contributed by atoms with Crippen LogP contribution < -0.4 is 0 Å². The van der Waals surface area contributed by atoms with Crippen LogP contribution in [0.25, 0.3) is 0 Å². The Morgan fingerprint density at radius 1 is 1.70 bits per heavy atom. The number of Topliss-reactive ketones (excluding diaryl/α,β-unsaturated/α-hetero) is 1. The Morgan fingerprint density at radius 3 is 2.80 bits per heavy atom. The molecule has 2 heteroatoms. The van der Waals surface area contributed by atoms with E-state index in [9.17, 15) is 4.79 Å². The van der Waals surface area contributed by atoms with Crippen LogP contribution in [0.3, 0.4) is 0 Å². The number of hydrogen-bond acceptors (Lipinski definition) is 2. The molecule has 0 radical (unpaired) electrons. The lowest BCUT2D eigenvalue weighted by Gasteiger charge is -2.24. The lowest BCUT2D eigenvalue weighted by atomic mass is 9.97. The molecule has 1 atom stereocenters. The number of carbonyl (C=O) groups excluding carboxylic acids is 1. The molecule has 0 aromatic heterocycles. The fraction of sp³-hybridized carbons (Fsp3) is 0.625. The van der Waals surface area contributed by atoms with Gasteiger partial charge in [0.1, 0.15) is 0 Å². The van der Waals surface area contributed by atoms with E-state index in [2.05, 4.69) is 4.90 Å². The molecule has 0 aromatic rings. The molecular formula is C8H13NO. The highest BCUT2D eigenvalue weighted by molar-refractivity contribution is 5.97. The minimum Gasteiger partial charge on any atom is -0.379 e. The van der Waals surface area contributed by atoms with Gasteiger partial charge in [0.2, 0.25) is 0 Å². The number of ketones is 1. The summed E-state index contributed by atoms with van der Waals surface area (Å²) in [7, 11) is 1.99. The van der Waals surface area contributed by atoms with E-state index in [1.54, 1.807) is 0 Å². The summed E-state index contributed by atoms with van der Waals surface area (Å²) >= 11 is 0. The van der Waals surface area contributed by atoms with Gasteiger partial charge in [-0.3, -0.25) is 4.79 Å². The van der Waals surface area contributed by atoms with Crippen molar-refractivity contribution < 1.29 is 4.79 Å². The van der Waals surface area contributed by atoms with Gasteiger partial charge in [0.25, 0.3) is 0 Å². The zero-order chi connectivity index (χ0) is 7.72. The maximum atomic E-state index is 11.2. The molecule has 1 rings (SSSR count). The second kappa shape index (κ2) is 2.45. The number of nitrogens with zero attached hydrogens (tertiary/aromatic N) is 1. The van der Waals surface area contributed by atoms with Crippen LogP contribution in [0.5, 0.6) is 0 Å². The summed E-state index contributed by atoms with van der Waals surface area (Å²) in [5.74, 6) is 0.466. The monoisotopic (exact) mass is 139 g/mol. The number of allylic oxidation sites excluding steroid dienone is 1. The van der Waals surface area contributed by atoms with Crippen LogP contribution in [0.15, 0.2) is 11.8 Å². The molecule has 0 aromatic carbocycles. The molecule has 2 nitrogen and oxygen atoms in total. The summed E-state index contributed by atoms with van der Waals surface area (Å²) in [6.07, 6.45) is 1.91. The van der Waals surface area contributed by atoms with Crippen molar-refractivity contribution in [2.24, 2.45) is 5.92 Å². The number of carbonyl (C=O) groups is 1. The molecule has 0 aliphatic carbocycles. The third-order valence-electron chi connectivity index (χ3n) is 1.81. The zero-order valence-electron chi connectivity index (χ0n) is 6.72. The molecule has 0 amide bonds. The van der Waals surface area contributed by atoms with Gasteiger partial charge in [0.15, 0.2) is 5.78 Å². The Bertz CT molecular complexity index is 184. The largest absolute Gasteiger partial charge is 0.379 e. The maximum Gasteiger partial charge on any atom is 0.164 e. The Morgan fingerprint density at radius 2 is 2.30 bits per heavy atom. The first-order valence-corrected chi connectivity index (χ1v) is 3.54. The average Bonchev–Trinajstić information content (AvgIpc) is 1.82. The van der Waals surface area contributed by atoms with Crippen molar-refractivity contribution in [3.05, 3.63) is 11.8 Å². The van der Waals surface area contributed by atoms with Gasteiger partial charge in [-0.25, -0.2) is 0 Å². The maximum absolute atomic E-state index is 11.2. The van der Waals surface area contributed by atoms with Gasteiger partial charge >= 0.3 is 0 Å². The highest BCUT2D eigenvalue weighted by atomic mass is 16.1. The lowest BCUT2D eigenvalue weighted by molar-refractivity contribution is -0.119. The van der Waals surface area contributed by atoms with E-state index < -0.39 is 0 Å². The topological polar surface area (TPSA) is 20.3 Å². The first kappa shape index (κ1) is 7.32. The molecule has 1 aliphatic rings. The van der Waals surface area contributed by atoms with Gasteiger partial charge in [-0.05, 0) is 6.92 Å². The van der Waals surface area contributed by atoms with Gasteiger partial charge in [-0.15, -0.1) is 0 Å². The molecule has 0 saturated carbocycles. The van der Waals surface area contributed by atoms with Crippen molar-refractivity contribution >= 4 is 5.78 Å². The van der Waals surface area contributed by atoms with E-state index in [1.807, 2.05) is 27.1 Å². The van der Waals surface area contributed by atoms with Gasteiger partial charge < -0.3 is 4.90 Å². The molecule has 0 saturated heterocycles. The van der Waals surface area contributed by atoms with Crippen LogP contribution in [0, 0.1) is 5.92 Å². The van der Waals surface area contributed by atoms with Gasteiger partial charge in [-0.2, -0.15) is 0 Å². The van der Waals surface area contributed by atoms with Crippen LogP contribution in [0.1, 0.15) is 13.8 Å². The minimum atomic E-state index is 0.176. The molecule has 10 heavy (non-hydrogen) atoms. The third kappa shape index (κ3) is 1.20. The number of rotatable bonds is 0. The fourth-order valence-electron chi connectivity index (χ4n) is 1.35. The molecule has 0 N–H and O–H groups in total. The normalized spacial score (nSPS) is 26.7. The summed E-state index contributed by atoms with van der Waals surface area (Å²) < 4.78 is 0. The fourth-order valence-corrected chi connectivity index (χ4v) is 1.35. The molecule has 0 bridgehead atoms. The standard InChI is InChI=1S/C8H13NO/c1-6-4-9(3)5-7(2)8(6)10/h4,7H,5H2,1-3H3/t7-/m0/s1. The van der Waals surface area contributed by atoms with Crippen molar-refractivity contribution in [1.29, 1.82) is 0 Å². The van der Waals surface area contributed by atoms with Gasteiger partial charge in [0.05, 0.1) is 0 Å². The minimum absolute atomic E-state index is 0.176. The van der Waals surface area contributed by atoms with Crippen LogP contribution in [-0.4, -0.2) is 24.3 Å². The highest BCUT2D eigenvalue weighted by Gasteiger charge is 2.20. The van der Waals surface area contributed by atoms with E-state index in [1.165, 1.54) is 0 Å². The highest BCUT2D eigenvalue weighted by Crippen LogP contribution is 2.13. The Kier molecular flexibility index (Phi) is 1.79. The quantitative estimate of drug-likeness (QED) is 0.500. The van der Waals surface area contributed by atoms with E-state index in [0.29, 0.717) is 0 Å². The molecule has 0 fully saturated rings. The first-order valence-electron chi connectivity index (χ1n) is 3.54. The van der Waals surface area contributed by atoms with Crippen LogP contribution in [-0.2, 0) is 4.79 Å². The summed E-state index contributed by atoms with van der Waals surface area (Å²) in [6, 6.07) is 0. The SMILES string of the molecule is CC1=CN(C)C[C@H](C)C1=O. The Balaban J connectivity index is 2.81. The molecule has 0 unspecified atom stereocenters. The summed E-state index contributed by atoms with van der Waals surface area (Å²) in [5, 5.41) is 0. The second-order valence-electron chi connectivity index (χ2n) is 3.02. The first-order chi connectivity index (χ1) is 4.61. The van der Waals surface area contributed by atoms with E-state index in [-0.39, 0.29) is 11.7 Å². The Hall–Kier alpha value is -0.790. The summed E-state index contributed by atoms with van der Waals surface area (Å²) in [5.41, 5.74) is 0.876. The van der Waals surface area contributed by atoms with Gasteiger partial charge in [0, 0.05) is 31.3 Å². The molecule has 0 spiro atoms. The van der Waals surface area contributed by atoms with E-state index in [4.69, 9.17) is 0 Å². The van der Waals surface area contributed by atoms with E-state index in [0.717, 1.165) is 12.1 Å². The number of hydrogen-bond donors (Lipinski definition) is 0. The van der Waals surface area contributed by atoms with Crippen molar-refractivity contribution in [3.8, 4) is 0 Å². The molecular weight excluding hydrogens is 126 g/mol. The smallest absolute Gasteiger partial charge is 0.164 e. The van der Waals surface area contributed by atoms with Crippen molar-refractivity contribution in [1.82, 2.24) is 4.90 Å². The Labute approximate surface area is 61.5 Å². The average molecular weight is 139 g/mol. The third-order valence-corrected chi connectivity index (χ3v) is 1.81. The summed E-state index contributed by atoms with van der Waals surface area (Å²) in [4.78, 5) is 13.2. The second-order valence-corrected chi connectivity index (χ2v) is 3.02. The molecule has 1 aliphatic heterocycles. The van der Waals surface area contributed by atoms with Crippen LogP contribution in [0.2, 0.25) is 0 Å². The zero-order valence-corrected chi connectivity index (χ0v) is 6.72. The van der Waals surface area contributed by atoms with Crippen molar-refractivity contribution in [3.63, 3.8) is 0 Å². The van der Waals surface area contributed by atoms with Gasteiger partial charge in [-0.1, -0.05) is 6.92 Å².